The number of aromatic amines is 1. The number of carbonyl (C=O) groups excluding carboxylic acids is 1. The number of hydrogen-bond acceptors (Lipinski definition) is 5. The van der Waals surface area contributed by atoms with Crippen molar-refractivity contribution in [2.75, 3.05) is 18.0 Å². The highest BCUT2D eigenvalue weighted by Crippen LogP contribution is 2.21. The van der Waals surface area contributed by atoms with Gasteiger partial charge in [-0.1, -0.05) is 19.1 Å². The predicted molar refractivity (Wildman–Crippen MR) is 124 cm³/mol. The lowest BCUT2D eigenvalue weighted by Gasteiger charge is -2.17. The molecule has 1 fully saturated rings. The van der Waals surface area contributed by atoms with Gasteiger partial charge in [-0.25, -0.2) is 15.0 Å². The molecule has 1 aliphatic heterocycles. The Kier molecular flexibility index (Phi) is 5.58. The van der Waals surface area contributed by atoms with Crippen molar-refractivity contribution >= 4 is 22.9 Å². The van der Waals surface area contributed by atoms with E-state index in [0.29, 0.717) is 25.5 Å². The zero-order valence-electron chi connectivity index (χ0n) is 18.2. The number of hydrogen-bond donors (Lipinski definition) is 2. The number of H-pyrrole nitrogens is 1. The third-order valence-electron chi connectivity index (χ3n) is 5.97. The highest BCUT2D eigenvalue weighted by Gasteiger charge is 2.26. The molecule has 1 unspecified atom stereocenters. The van der Waals surface area contributed by atoms with Crippen LogP contribution in [-0.4, -0.2) is 49.5 Å². The van der Waals surface area contributed by atoms with E-state index in [2.05, 4.69) is 47.7 Å². The standard InChI is InChI=1S/C24H27N7O/c1-2-22-28-20-6-3-4-8-21(20)31(22)15-11-23(32)27-17-10-14-30(16-17)24-26-13-9-19(29-24)18-7-5-12-25-18/h3-9,12-13,17,25H,2,10-11,14-16H2,1H3,(H,27,32). The van der Waals surface area contributed by atoms with Gasteiger partial charge in [-0.15, -0.1) is 0 Å². The Labute approximate surface area is 186 Å². The zero-order valence-corrected chi connectivity index (χ0v) is 18.2. The van der Waals surface area contributed by atoms with E-state index in [9.17, 15) is 4.79 Å². The van der Waals surface area contributed by atoms with Crippen LogP contribution in [0.15, 0.2) is 54.9 Å². The summed E-state index contributed by atoms with van der Waals surface area (Å²) in [5, 5.41) is 3.19. The Balaban J connectivity index is 1.19. The van der Waals surface area contributed by atoms with Gasteiger partial charge >= 0.3 is 0 Å². The van der Waals surface area contributed by atoms with Crippen LogP contribution < -0.4 is 10.2 Å². The first-order chi connectivity index (χ1) is 15.7. The molecule has 1 aliphatic rings. The lowest BCUT2D eigenvalue weighted by atomic mass is 10.2. The average molecular weight is 430 g/mol. The van der Waals surface area contributed by atoms with Crippen molar-refractivity contribution in [1.82, 2.24) is 29.8 Å². The molecule has 1 aromatic carbocycles. The number of imidazole rings is 1. The van der Waals surface area contributed by atoms with Crippen LogP contribution in [0.3, 0.4) is 0 Å². The smallest absolute Gasteiger partial charge is 0.225 e. The first-order valence-corrected chi connectivity index (χ1v) is 11.2. The lowest BCUT2D eigenvalue weighted by molar-refractivity contribution is -0.121. The summed E-state index contributed by atoms with van der Waals surface area (Å²) >= 11 is 0. The van der Waals surface area contributed by atoms with Crippen LogP contribution in [0.1, 0.15) is 25.6 Å². The molecule has 5 rings (SSSR count). The highest BCUT2D eigenvalue weighted by molar-refractivity contribution is 5.78. The molecule has 32 heavy (non-hydrogen) atoms. The van der Waals surface area contributed by atoms with Gasteiger partial charge in [0.25, 0.3) is 0 Å². The fourth-order valence-electron chi connectivity index (χ4n) is 4.36. The third kappa shape index (κ3) is 4.08. The molecule has 1 atom stereocenters. The predicted octanol–water partition coefficient (Wildman–Crippen LogP) is 3.17. The molecule has 164 valence electrons. The van der Waals surface area contributed by atoms with Crippen molar-refractivity contribution in [1.29, 1.82) is 0 Å². The number of carbonyl (C=O) groups is 1. The SMILES string of the molecule is CCc1nc2ccccc2n1CCC(=O)NC1CCN(c2nccc(-c3ccc[nH]3)n2)C1. The molecule has 0 radical (unpaired) electrons. The van der Waals surface area contributed by atoms with E-state index in [1.165, 1.54) is 0 Å². The van der Waals surface area contributed by atoms with Gasteiger partial charge < -0.3 is 19.8 Å². The number of aromatic nitrogens is 5. The minimum atomic E-state index is 0.0674. The largest absolute Gasteiger partial charge is 0.360 e. The van der Waals surface area contributed by atoms with Gasteiger partial charge in [0.2, 0.25) is 11.9 Å². The Morgan fingerprint density at radius 1 is 1.19 bits per heavy atom. The van der Waals surface area contributed by atoms with E-state index in [1.807, 2.05) is 42.6 Å². The van der Waals surface area contributed by atoms with Crippen molar-refractivity contribution in [3.8, 4) is 11.4 Å². The molecule has 4 heterocycles. The van der Waals surface area contributed by atoms with E-state index in [1.54, 1.807) is 6.20 Å². The van der Waals surface area contributed by atoms with Gasteiger partial charge in [0.05, 0.1) is 22.4 Å². The average Bonchev–Trinajstić information content (AvgIpc) is 3.57. The number of para-hydroxylation sites is 2. The summed E-state index contributed by atoms with van der Waals surface area (Å²) in [6.07, 6.45) is 5.83. The molecule has 0 aliphatic carbocycles. The molecule has 1 saturated heterocycles. The lowest BCUT2D eigenvalue weighted by Crippen LogP contribution is -2.37. The van der Waals surface area contributed by atoms with Crippen LogP contribution in [0, 0.1) is 0 Å². The second-order valence-corrected chi connectivity index (χ2v) is 8.10. The molecule has 2 N–H and O–H groups in total. The number of fused-ring (bicyclic) bond motifs is 1. The number of anilines is 1. The summed E-state index contributed by atoms with van der Waals surface area (Å²) < 4.78 is 2.16. The van der Waals surface area contributed by atoms with Crippen LogP contribution >= 0.6 is 0 Å². The number of amides is 1. The Hall–Kier alpha value is -3.68. The molecule has 3 aromatic heterocycles. The van der Waals surface area contributed by atoms with Gasteiger partial charge in [-0.2, -0.15) is 0 Å². The van der Waals surface area contributed by atoms with Gasteiger partial charge in [0, 0.05) is 50.9 Å². The monoisotopic (exact) mass is 429 g/mol. The van der Waals surface area contributed by atoms with Crippen molar-refractivity contribution in [3.05, 3.63) is 60.7 Å². The molecule has 1 amide bonds. The van der Waals surface area contributed by atoms with Crippen LogP contribution in [0.25, 0.3) is 22.4 Å². The van der Waals surface area contributed by atoms with Gasteiger partial charge in [-0.05, 0) is 36.8 Å². The number of nitrogens with one attached hydrogen (secondary N) is 2. The summed E-state index contributed by atoms with van der Waals surface area (Å²) in [5.41, 5.74) is 3.91. The van der Waals surface area contributed by atoms with E-state index >= 15 is 0 Å². The maximum atomic E-state index is 12.7. The molecule has 0 spiro atoms. The summed E-state index contributed by atoms with van der Waals surface area (Å²) in [6.45, 7) is 4.27. The molecule has 8 nitrogen and oxygen atoms in total. The molecule has 8 heteroatoms. The Morgan fingerprint density at radius 2 is 2.09 bits per heavy atom. The van der Waals surface area contributed by atoms with Crippen molar-refractivity contribution in [3.63, 3.8) is 0 Å². The van der Waals surface area contributed by atoms with E-state index in [4.69, 9.17) is 0 Å². The molecule has 4 aromatic rings. The van der Waals surface area contributed by atoms with Crippen molar-refractivity contribution < 1.29 is 4.79 Å². The van der Waals surface area contributed by atoms with E-state index in [0.717, 1.165) is 47.6 Å². The van der Waals surface area contributed by atoms with Crippen LogP contribution in [0.2, 0.25) is 0 Å². The topological polar surface area (TPSA) is 91.7 Å². The maximum Gasteiger partial charge on any atom is 0.225 e. The second kappa shape index (κ2) is 8.82. The molecule has 0 bridgehead atoms. The maximum absolute atomic E-state index is 12.7. The van der Waals surface area contributed by atoms with Gasteiger partial charge in [0.15, 0.2) is 0 Å². The quantitative estimate of drug-likeness (QED) is 0.471. The first kappa shape index (κ1) is 20.2. The first-order valence-electron chi connectivity index (χ1n) is 11.2. The van der Waals surface area contributed by atoms with Crippen LogP contribution in [0.4, 0.5) is 5.95 Å². The van der Waals surface area contributed by atoms with Crippen molar-refractivity contribution in [2.45, 2.75) is 38.8 Å². The summed E-state index contributed by atoms with van der Waals surface area (Å²) in [5.74, 6) is 1.79. The number of benzene rings is 1. The summed E-state index contributed by atoms with van der Waals surface area (Å²) in [7, 11) is 0. The fraction of sp³-hybridized carbons (Fsp3) is 0.333. The minimum absolute atomic E-state index is 0.0674. The van der Waals surface area contributed by atoms with Crippen LogP contribution in [-0.2, 0) is 17.8 Å². The molecule has 0 saturated carbocycles. The van der Waals surface area contributed by atoms with Gasteiger partial charge in [-0.3, -0.25) is 4.79 Å². The Morgan fingerprint density at radius 3 is 2.94 bits per heavy atom. The molecular weight excluding hydrogens is 402 g/mol. The minimum Gasteiger partial charge on any atom is -0.360 e. The number of rotatable bonds is 7. The highest BCUT2D eigenvalue weighted by atomic mass is 16.1. The van der Waals surface area contributed by atoms with E-state index < -0.39 is 0 Å². The van der Waals surface area contributed by atoms with Crippen molar-refractivity contribution in [2.24, 2.45) is 0 Å². The molecular formula is C24H27N7O. The second-order valence-electron chi connectivity index (χ2n) is 8.10. The normalized spacial score (nSPS) is 16.0. The Bertz CT molecular complexity index is 1210. The number of aryl methyl sites for hydroxylation is 2. The zero-order chi connectivity index (χ0) is 21.9. The third-order valence-corrected chi connectivity index (χ3v) is 5.97. The van der Waals surface area contributed by atoms with E-state index in [-0.39, 0.29) is 11.9 Å². The van der Waals surface area contributed by atoms with Crippen LogP contribution in [0.5, 0.6) is 0 Å². The summed E-state index contributed by atoms with van der Waals surface area (Å²) in [6, 6.07) is 14.0. The number of nitrogens with zero attached hydrogens (tertiary/aromatic N) is 5. The fourth-order valence-corrected chi connectivity index (χ4v) is 4.36. The summed E-state index contributed by atoms with van der Waals surface area (Å²) in [4.78, 5) is 31.8. The van der Waals surface area contributed by atoms with Gasteiger partial charge in [0.1, 0.15) is 5.82 Å².